The summed E-state index contributed by atoms with van der Waals surface area (Å²) in [5, 5.41) is 9.60. The first-order chi connectivity index (χ1) is 15.5. The summed E-state index contributed by atoms with van der Waals surface area (Å²) >= 11 is 0. The molecule has 1 atom stereocenters. The molecule has 0 fully saturated rings. The summed E-state index contributed by atoms with van der Waals surface area (Å²) in [4.78, 5) is 3.71. The van der Waals surface area contributed by atoms with Crippen molar-refractivity contribution in [2.24, 2.45) is 0 Å². The second-order valence-corrected chi connectivity index (χ2v) is 9.27. The summed E-state index contributed by atoms with van der Waals surface area (Å²) in [7, 11) is 0. The monoisotopic (exact) mass is 410 g/mol. The lowest BCUT2D eigenvalue weighted by Crippen LogP contribution is -2.79. The zero-order valence-electron chi connectivity index (χ0n) is 17.7. The Hall–Kier alpha value is -4.28. The highest BCUT2D eigenvalue weighted by Crippen LogP contribution is 2.52. The third kappa shape index (κ3) is 1.65. The van der Waals surface area contributed by atoms with E-state index in [1.54, 1.807) is 0 Å². The number of pyridine rings is 2. The molecule has 5 heterocycles. The van der Waals surface area contributed by atoms with Gasteiger partial charge in [0, 0.05) is 24.3 Å². The van der Waals surface area contributed by atoms with Gasteiger partial charge in [-0.25, -0.2) is 4.85 Å². The van der Waals surface area contributed by atoms with Crippen LogP contribution in [0.2, 0.25) is 0 Å². The number of benzene rings is 2. The van der Waals surface area contributed by atoms with Crippen LogP contribution in [0.15, 0.2) is 72.8 Å². The fourth-order valence-corrected chi connectivity index (χ4v) is 6.22. The molecule has 2 aromatic carbocycles. The first-order valence-electron chi connectivity index (χ1n) is 10.7. The summed E-state index contributed by atoms with van der Waals surface area (Å²) in [6.45, 7) is 12.1. The van der Waals surface area contributed by atoms with Crippen LogP contribution in [0.3, 0.4) is 0 Å². The zero-order chi connectivity index (χ0) is 21.8. The van der Waals surface area contributed by atoms with Crippen LogP contribution in [0.25, 0.3) is 27.4 Å². The first kappa shape index (κ1) is 17.4. The Morgan fingerprint density at radius 2 is 1.41 bits per heavy atom. The van der Waals surface area contributed by atoms with Gasteiger partial charge < -0.3 is 0 Å². The van der Waals surface area contributed by atoms with Crippen molar-refractivity contribution in [3.05, 3.63) is 112 Å². The molecule has 148 valence electrons. The average Bonchev–Trinajstić information content (AvgIpc) is 3.29. The van der Waals surface area contributed by atoms with E-state index in [0.29, 0.717) is 11.3 Å². The van der Waals surface area contributed by atoms with E-state index in [1.165, 1.54) is 22.5 Å². The van der Waals surface area contributed by atoms with Gasteiger partial charge in [0.1, 0.15) is 16.5 Å². The molecule has 32 heavy (non-hydrogen) atoms. The minimum atomic E-state index is -0.563. The van der Waals surface area contributed by atoms with Crippen LogP contribution in [0.4, 0.5) is 5.69 Å². The molecule has 0 saturated carbocycles. The smallest absolute Gasteiger partial charge is 0.238 e. The van der Waals surface area contributed by atoms with Crippen molar-refractivity contribution >= 4 is 5.69 Å². The molecule has 0 aliphatic carbocycles. The lowest BCUT2D eigenvalue weighted by Gasteiger charge is -2.32. The number of hydrogen-bond donors (Lipinski definition) is 0. The molecule has 0 bridgehead atoms. The van der Waals surface area contributed by atoms with Gasteiger partial charge in [0.2, 0.25) is 22.8 Å². The van der Waals surface area contributed by atoms with E-state index >= 15 is 0 Å². The van der Waals surface area contributed by atoms with Crippen molar-refractivity contribution in [1.29, 1.82) is 5.26 Å². The molecular formula is C28H18N4+2. The molecule has 0 radical (unpaired) electrons. The van der Waals surface area contributed by atoms with Gasteiger partial charge in [-0.05, 0) is 50.2 Å². The Morgan fingerprint density at radius 1 is 0.812 bits per heavy atom. The summed E-state index contributed by atoms with van der Waals surface area (Å²) in [5.41, 5.74) is 9.80. The predicted octanol–water partition coefficient (Wildman–Crippen LogP) is 4.58. The Morgan fingerprint density at radius 3 is 2.00 bits per heavy atom. The molecule has 1 spiro atoms. The fraction of sp³-hybridized carbons (Fsp3) is 0.143. The second kappa shape index (κ2) is 5.31. The number of fused-ring (bicyclic) bond motifs is 4. The maximum absolute atomic E-state index is 9.60. The van der Waals surface area contributed by atoms with Crippen molar-refractivity contribution in [2.75, 3.05) is 0 Å². The van der Waals surface area contributed by atoms with Crippen LogP contribution in [-0.4, -0.2) is 0 Å². The summed E-state index contributed by atoms with van der Waals surface area (Å²) in [5.74, 6) is 0. The summed E-state index contributed by atoms with van der Waals surface area (Å²) in [6.07, 6.45) is 0. The summed E-state index contributed by atoms with van der Waals surface area (Å²) < 4.78 is 4.94. The van der Waals surface area contributed by atoms with Crippen molar-refractivity contribution in [2.45, 2.75) is 24.9 Å². The van der Waals surface area contributed by atoms with Crippen LogP contribution in [-0.2, 0) is 11.1 Å². The van der Waals surface area contributed by atoms with Crippen LogP contribution < -0.4 is 9.13 Å². The Bertz CT molecular complexity index is 1510. The van der Waals surface area contributed by atoms with E-state index in [0.717, 1.165) is 22.5 Å². The zero-order valence-corrected chi connectivity index (χ0v) is 17.7. The van der Waals surface area contributed by atoms with Crippen molar-refractivity contribution in [1.82, 2.24) is 0 Å². The van der Waals surface area contributed by atoms with E-state index in [1.807, 2.05) is 24.3 Å². The average molecular weight is 410 g/mol. The maximum atomic E-state index is 9.60. The SMILES string of the molecule is [C-]#[N+]c1ccc2c(c1)-c1cccc3[n+]1C21c2ccc(C#N)cc2-c2cccc([n+]21)C3(C)C. The minimum Gasteiger partial charge on any atom is -0.238 e. The molecule has 2 aromatic heterocycles. The number of nitriles is 1. The largest absolute Gasteiger partial charge is 0.417 e. The number of aromatic nitrogens is 2. The summed E-state index contributed by atoms with van der Waals surface area (Å²) in [6, 6.07) is 27.5. The van der Waals surface area contributed by atoms with Gasteiger partial charge in [0.15, 0.2) is 5.69 Å². The Kier molecular flexibility index (Phi) is 2.89. The highest BCUT2D eigenvalue weighted by atomic mass is 15.3. The van der Waals surface area contributed by atoms with Crippen LogP contribution in [0.1, 0.15) is 41.9 Å². The molecule has 4 aromatic rings. The second-order valence-electron chi connectivity index (χ2n) is 9.27. The van der Waals surface area contributed by atoms with Crippen molar-refractivity contribution in [3.63, 3.8) is 0 Å². The van der Waals surface area contributed by atoms with Crippen molar-refractivity contribution < 1.29 is 9.13 Å². The molecule has 1 unspecified atom stereocenters. The van der Waals surface area contributed by atoms with Gasteiger partial charge in [-0.15, -0.1) is 9.13 Å². The maximum Gasteiger partial charge on any atom is 0.417 e. The number of rotatable bonds is 0. The molecule has 7 rings (SSSR count). The molecule has 0 amide bonds. The van der Waals surface area contributed by atoms with Crippen LogP contribution in [0, 0.1) is 17.9 Å². The normalized spacial score (nSPS) is 19.2. The Labute approximate surface area is 186 Å². The molecular weight excluding hydrogens is 392 g/mol. The number of nitrogens with zero attached hydrogens (tertiary/aromatic N) is 4. The van der Waals surface area contributed by atoms with E-state index in [-0.39, 0.29) is 5.41 Å². The van der Waals surface area contributed by atoms with E-state index in [9.17, 15) is 5.26 Å². The highest BCUT2D eigenvalue weighted by Gasteiger charge is 2.72. The van der Waals surface area contributed by atoms with E-state index in [2.05, 4.69) is 82.4 Å². The Balaban J connectivity index is 1.78. The highest BCUT2D eigenvalue weighted by molar-refractivity contribution is 5.77. The quantitative estimate of drug-likeness (QED) is 0.267. The van der Waals surface area contributed by atoms with E-state index in [4.69, 9.17) is 6.57 Å². The lowest BCUT2D eigenvalue weighted by molar-refractivity contribution is -0.972. The molecule has 4 heteroatoms. The fourth-order valence-electron chi connectivity index (χ4n) is 6.22. The third-order valence-corrected chi connectivity index (χ3v) is 7.49. The molecule has 3 aliphatic heterocycles. The van der Waals surface area contributed by atoms with Crippen LogP contribution in [0.5, 0.6) is 0 Å². The first-order valence-corrected chi connectivity index (χ1v) is 10.7. The minimum absolute atomic E-state index is 0.222. The topological polar surface area (TPSA) is 35.9 Å². The predicted molar refractivity (Wildman–Crippen MR) is 119 cm³/mol. The number of hydrogen-bond acceptors (Lipinski definition) is 1. The molecule has 0 saturated heterocycles. The van der Waals surface area contributed by atoms with Gasteiger partial charge in [0.05, 0.1) is 29.3 Å². The molecule has 4 nitrogen and oxygen atoms in total. The molecule has 3 aliphatic rings. The van der Waals surface area contributed by atoms with Gasteiger partial charge in [0.25, 0.3) is 0 Å². The third-order valence-electron chi connectivity index (χ3n) is 7.49. The van der Waals surface area contributed by atoms with E-state index < -0.39 is 5.66 Å². The van der Waals surface area contributed by atoms with Gasteiger partial charge >= 0.3 is 5.66 Å². The van der Waals surface area contributed by atoms with Crippen molar-refractivity contribution in [3.8, 4) is 28.6 Å². The van der Waals surface area contributed by atoms with Crippen LogP contribution >= 0.6 is 0 Å². The lowest BCUT2D eigenvalue weighted by atomic mass is 9.79. The van der Waals surface area contributed by atoms with Gasteiger partial charge in [-0.1, -0.05) is 12.1 Å². The van der Waals surface area contributed by atoms with Gasteiger partial charge in [-0.3, -0.25) is 0 Å². The van der Waals surface area contributed by atoms with Gasteiger partial charge in [-0.2, -0.15) is 5.26 Å². The molecule has 0 N–H and O–H groups in total. The standard InChI is InChI=1S/C28H18N4/c1-27(2)25-8-4-6-23-19-14-17(16-29)10-12-21(19)28(31(23)25)22-13-11-18(30-3)15-20(22)24-7-5-9-26(27)32(24)28/h4-15H,1-2H3/q+2.